The minimum atomic E-state index is -1.09. The molecule has 0 aliphatic carbocycles. The molecule has 114 valence electrons. The van der Waals surface area contributed by atoms with E-state index >= 15 is 0 Å². The van der Waals surface area contributed by atoms with Crippen LogP contribution in [-0.2, 0) is 9.53 Å². The first-order chi connectivity index (χ1) is 9.93. The number of hydrogen-bond donors (Lipinski definition) is 3. The monoisotopic (exact) mass is 358 g/mol. The van der Waals surface area contributed by atoms with Crippen molar-refractivity contribution in [1.82, 2.24) is 5.32 Å². The van der Waals surface area contributed by atoms with Gasteiger partial charge in [-0.05, 0) is 41.1 Å². The van der Waals surface area contributed by atoms with Crippen LogP contribution in [0.3, 0.4) is 0 Å². The Hall–Kier alpha value is -2.09. The quantitative estimate of drug-likeness (QED) is 0.676. The third-order valence-electron chi connectivity index (χ3n) is 2.38. The number of esters is 1. The van der Waals surface area contributed by atoms with Gasteiger partial charge in [0.2, 0.25) is 0 Å². The van der Waals surface area contributed by atoms with Gasteiger partial charge in [0.05, 0.1) is 24.3 Å². The minimum Gasteiger partial charge on any atom is -0.478 e. The van der Waals surface area contributed by atoms with Crippen LogP contribution in [0.4, 0.5) is 10.5 Å². The molecule has 0 atom stereocenters. The predicted molar refractivity (Wildman–Crippen MR) is 79.4 cm³/mol. The van der Waals surface area contributed by atoms with Crippen LogP contribution in [0.1, 0.15) is 23.7 Å². The third kappa shape index (κ3) is 5.82. The third-order valence-corrected chi connectivity index (χ3v) is 3.07. The van der Waals surface area contributed by atoms with E-state index in [4.69, 9.17) is 9.84 Å². The second-order valence-electron chi connectivity index (χ2n) is 3.94. The van der Waals surface area contributed by atoms with Crippen molar-refractivity contribution in [2.75, 3.05) is 18.5 Å². The summed E-state index contributed by atoms with van der Waals surface area (Å²) in [6.07, 6.45) is 0.0671. The van der Waals surface area contributed by atoms with E-state index in [-0.39, 0.29) is 18.5 Å². The van der Waals surface area contributed by atoms with Gasteiger partial charge in [-0.25, -0.2) is 9.59 Å². The van der Waals surface area contributed by atoms with Crippen LogP contribution in [-0.4, -0.2) is 36.2 Å². The first-order valence-electron chi connectivity index (χ1n) is 6.17. The lowest BCUT2D eigenvalue weighted by Crippen LogP contribution is -2.31. The number of anilines is 1. The number of amides is 2. The average molecular weight is 359 g/mol. The van der Waals surface area contributed by atoms with Crippen molar-refractivity contribution in [2.24, 2.45) is 0 Å². The molecule has 3 N–H and O–H groups in total. The number of carbonyl (C=O) groups excluding carboxylic acids is 2. The van der Waals surface area contributed by atoms with Gasteiger partial charge < -0.3 is 20.5 Å². The highest BCUT2D eigenvalue weighted by molar-refractivity contribution is 9.10. The average Bonchev–Trinajstić information content (AvgIpc) is 2.41. The SMILES string of the molecule is CCOC(=O)CCNC(=O)Nc1cc(C(=O)O)ccc1Br. The molecule has 0 aliphatic heterocycles. The van der Waals surface area contributed by atoms with Gasteiger partial charge in [-0.15, -0.1) is 0 Å². The Morgan fingerprint density at radius 2 is 2.05 bits per heavy atom. The Bertz CT molecular complexity index is 547. The standard InChI is InChI=1S/C13H15BrN2O5/c1-2-21-11(17)5-6-15-13(20)16-10-7-8(12(18)19)3-4-9(10)14/h3-4,7H,2,5-6H2,1H3,(H,18,19)(H2,15,16,20). The van der Waals surface area contributed by atoms with Crippen molar-refractivity contribution >= 4 is 39.6 Å². The summed E-state index contributed by atoms with van der Waals surface area (Å²) >= 11 is 3.21. The van der Waals surface area contributed by atoms with Crippen LogP contribution in [0.15, 0.2) is 22.7 Å². The number of halogens is 1. The van der Waals surface area contributed by atoms with Gasteiger partial charge in [0.1, 0.15) is 0 Å². The molecule has 0 unspecified atom stereocenters. The van der Waals surface area contributed by atoms with Gasteiger partial charge in [0.25, 0.3) is 0 Å². The van der Waals surface area contributed by atoms with Crippen molar-refractivity contribution in [3.63, 3.8) is 0 Å². The van der Waals surface area contributed by atoms with Crippen LogP contribution in [0.25, 0.3) is 0 Å². The molecule has 0 heterocycles. The molecule has 1 aromatic rings. The number of aromatic carboxylic acids is 1. The zero-order valence-electron chi connectivity index (χ0n) is 11.3. The zero-order valence-corrected chi connectivity index (χ0v) is 12.9. The number of benzene rings is 1. The zero-order chi connectivity index (χ0) is 15.8. The Balaban J connectivity index is 2.53. The van der Waals surface area contributed by atoms with Crippen LogP contribution in [0, 0.1) is 0 Å². The predicted octanol–water partition coefficient (Wildman–Crippen LogP) is 2.22. The summed E-state index contributed by atoms with van der Waals surface area (Å²) in [6, 6.07) is 3.73. The van der Waals surface area contributed by atoms with Crippen LogP contribution < -0.4 is 10.6 Å². The maximum absolute atomic E-state index is 11.6. The molecule has 8 heteroatoms. The van der Waals surface area contributed by atoms with Crippen molar-refractivity contribution in [2.45, 2.75) is 13.3 Å². The summed E-state index contributed by atoms with van der Waals surface area (Å²) in [5.41, 5.74) is 0.378. The number of urea groups is 1. The van der Waals surface area contributed by atoms with Crippen molar-refractivity contribution in [3.8, 4) is 0 Å². The minimum absolute atomic E-state index is 0.0556. The molecule has 0 aromatic heterocycles. The van der Waals surface area contributed by atoms with Gasteiger partial charge in [-0.2, -0.15) is 0 Å². The number of carbonyl (C=O) groups is 3. The molecule has 0 fully saturated rings. The lowest BCUT2D eigenvalue weighted by Gasteiger charge is -2.09. The number of hydrogen-bond acceptors (Lipinski definition) is 4. The topological polar surface area (TPSA) is 105 Å². The molecular weight excluding hydrogens is 344 g/mol. The molecule has 0 saturated carbocycles. The molecule has 0 bridgehead atoms. The molecule has 0 saturated heterocycles. The van der Waals surface area contributed by atoms with E-state index in [9.17, 15) is 14.4 Å². The van der Waals surface area contributed by atoms with E-state index in [0.29, 0.717) is 16.8 Å². The Labute approximate surface area is 129 Å². The molecule has 7 nitrogen and oxygen atoms in total. The number of carboxylic acid groups (broad SMARTS) is 1. The summed E-state index contributed by atoms with van der Waals surface area (Å²) in [5.74, 6) is -1.49. The fourth-order valence-electron chi connectivity index (χ4n) is 1.43. The highest BCUT2D eigenvalue weighted by Crippen LogP contribution is 2.23. The lowest BCUT2D eigenvalue weighted by atomic mass is 10.2. The molecule has 0 aliphatic rings. The molecule has 21 heavy (non-hydrogen) atoms. The maximum atomic E-state index is 11.6. The van der Waals surface area contributed by atoms with E-state index in [1.807, 2.05) is 0 Å². The van der Waals surface area contributed by atoms with Crippen LogP contribution in [0.2, 0.25) is 0 Å². The summed E-state index contributed by atoms with van der Waals surface area (Å²) in [5, 5.41) is 13.9. The molecule has 1 aromatic carbocycles. The molecular formula is C13H15BrN2O5. The van der Waals surface area contributed by atoms with E-state index < -0.39 is 18.0 Å². The molecule has 0 spiro atoms. The van der Waals surface area contributed by atoms with E-state index in [2.05, 4.69) is 26.6 Å². The largest absolute Gasteiger partial charge is 0.478 e. The Kier molecular flexibility index (Phi) is 6.67. The van der Waals surface area contributed by atoms with Gasteiger partial charge in [0.15, 0.2) is 0 Å². The lowest BCUT2D eigenvalue weighted by molar-refractivity contribution is -0.142. The highest BCUT2D eigenvalue weighted by Gasteiger charge is 2.10. The summed E-state index contributed by atoms with van der Waals surface area (Å²) in [6.45, 7) is 2.12. The van der Waals surface area contributed by atoms with Crippen molar-refractivity contribution < 1.29 is 24.2 Å². The van der Waals surface area contributed by atoms with Gasteiger partial charge in [0, 0.05) is 11.0 Å². The van der Waals surface area contributed by atoms with E-state index in [1.54, 1.807) is 6.92 Å². The van der Waals surface area contributed by atoms with E-state index in [0.717, 1.165) is 0 Å². The number of ether oxygens (including phenoxy) is 1. The van der Waals surface area contributed by atoms with E-state index in [1.165, 1.54) is 18.2 Å². The Morgan fingerprint density at radius 1 is 1.33 bits per heavy atom. The number of carboxylic acids is 1. The second kappa shape index (κ2) is 8.25. The second-order valence-corrected chi connectivity index (χ2v) is 4.79. The summed E-state index contributed by atoms with van der Waals surface area (Å²) < 4.78 is 5.27. The first-order valence-corrected chi connectivity index (χ1v) is 6.96. The smallest absolute Gasteiger partial charge is 0.335 e. The fraction of sp³-hybridized carbons (Fsp3) is 0.308. The number of rotatable bonds is 6. The first kappa shape index (κ1) is 17.0. The summed E-state index contributed by atoms with van der Waals surface area (Å²) in [4.78, 5) is 33.6. The number of nitrogens with one attached hydrogen (secondary N) is 2. The van der Waals surface area contributed by atoms with Crippen LogP contribution >= 0.6 is 15.9 Å². The normalized spacial score (nSPS) is 9.81. The summed E-state index contributed by atoms with van der Waals surface area (Å²) in [7, 11) is 0. The van der Waals surface area contributed by atoms with Crippen LogP contribution in [0.5, 0.6) is 0 Å². The Morgan fingerprint density at radius 3 is 2.67 bits per heavy atom. The highest BCUT2D eigenvalue weighted by atomic mass is 79.9. The molecule has 0 radical (unpaired) electrons. The fourth-order valence-corrected chi connectivity index (χ4v) is 1.78. The van der Waals surface area contributed by atoms with Gasteiger partial charge >= 0.3 is 18.0 Å². The maximum Gasteiger partial charge on any atom is 0.335 e. The van der Waals surface area contributed by atoms with Crippen molar-refractivity contribution in [1.29, 1.82) is 0 Å². The van der Waals surface area contributed by atoms with Gasteiger partial charge in [-0.3, -0.25) is 4.79 Å². The van der Waals surface area contributed by atoms with Gasteiger partial charge in [-0.1, -0.05) is 0 Å². The van der Waals surface area contributed by atoms with Crippen molar-refractivity contribution in [3.05, 3.63) is 28.2 Å². The molecule has 1 rings (SSSR count). The molecule has 2 amide bonds.